The third kappa shape index (κ3) is 3.66. The van der Waals surface area contributed by atoms with Gasteiger partial charge in [0, 0.05) is 11.4 Å². The number of nitrogens with one attached hydrogen (secondary N) is 1. The van der Waals surface area contributed by atoms with Crippen molar-refractivity contribution in [3.8, 4) is 11.8 Å². The Morgan fingerprint density at radius 2 is 2.10 bits per heavy atom. The van der Waals surface area contributed by atoms with Gasteiger partial charge in [-0.25, -0.2) is 8.78 Å². The molecule has 0 atom stereocenters. The number of aryl methyl sites for hydroxylation is 1. The van der Waals surface area contributed by atoms with Gasteiger partial charge in [0.05, 0.1) is 16.1 Å². The SMILES string of the molecule is Cc1cc(F)c(NC(=O)c2csc(C#CCO)c2)cc1F. The molecule has 1 heterocycles. The summed E-state index contributed by atoms with van der Waals surface area (Å²) in [6.07, 6.45) is 0. The fraction of sp³-hybridized carbons (Fsp3) is 0.133. The highest BCUT2D eigenvalue weighted by Crippen LogP contribution is 2.21. The summed E-state index contributed by atoms with van der Waals surface area (Å²) in [5.74, 6) is 3.29. The molecule has 0 saturated heterocycles. The monoisotopic (exact) mass is 307 g/mol. The van der Waals surface area contributed by atoms with E-state index in [1.165, 1.54) is 24.3 Å². The van der Waals surface area contributed by atoms with Gasteiger partial charge in [0.2, 0.25) is 0 Å². The van der Waals surface area contributed by atoms with Gasteiger partial charge in [-0.15, -0.1) is 11.3 Å². The van der Waals surface area contributed by atoms with Crippen molar-refractivity contribution in [1.82, 2.24) is 0 Å². The molecule has 2 N–H and O–H groups in total. The standard InChI is InChI=1S/C15H11F2NO2S/c1-9-5-13(17)14(7-12(9)16)18-15(20)10-6-11(21-8-10)3-2-4-19/h5-8,19H,4H2,1H3,(H,18,20). The summed E-state index contributed by atoms with van der Waals surface area (Å²) in [5.41, 5.74) is 0.252. The van der Waals surface area contributed by atoms with Gasteiger partial charge < -0.3 is 10.4 Å². The molecule has 0 saturated carbocycles. The maximum atomic E-state index is 13.6. The number of hydrogen-bond acceptors (Lipinski definition) is 3. The smallest absolute Gasteiger partial charge is 0.256 e. The number of aliphatic hydroxyl groups is 1. The summed E-state index contributed by atoms with van der Waals surface area (Å²) in [7, 11) is 0. The number of thiophene rings is 1. The maximum Gasteiger partial charge on any atom is 0.256 e. The van der Waals surface area contributed by atoms with Gasteiger partial charge in [-0.2, -0.15) is 0 Å². The van der Waals surface area contributed by atoms with Crippen LogP contribution in [0.2, 0.25) is 0 Å². The number of rotatable bonds is 2. The molecular formula is C15H11F2NO2S. The lowest BCUT2D eigenvalue weighted by atomic mass is 10.2. The molecule has 2 rings (SSSR count). The minimum absolute atomic E-state index is 0.169. The van der Waals surface area contributed by atoms with E-state index in [1.54, 1.807) is 5.38 Å². The van der Waals surface area contributed by atoms with Gasteiger partial charge in [-0.3, -0.25) is 4.79 Å². The number of aliphatic hydroxyl groups excluding tert-OH is 1. The van der Waals surface area contributed by atoms with E-state index in [0.717, 1.165) is 12.1 Å². The van der Waals surface area contributed by atoms with E-state index in [-0.39, 0.29) is 17.9 Å². The van der Waals surface area contributed by atoms with E-state index in [0.29, 0.717) is 10.4 Å². The number of hydrogen-bond donors (Lipinski definition) is 2. The lowest BCUT2D eigenvalue weighted by Gasteiger charge is -2.06. The zero-order chi connectivity index (χ0) is 15.4. The topological polar surface area (TPSA) is 49.3 Å². The molecule has 1 amide bonds. The second-order valence-electron chi connectivity index (χ2n) is 4.19. The lowest BCUT2D eigenvalue weighted by Crippen LogP contribution is -2.12. The zero-order valence-corrected chi connectivity index (χ0v) is 11.9. The minimum atomic E-state index is -0.697. The Labute approximate surface area is 124 Å². The van der Waals surface area contributed by atoms with E-state index in [9.17, 15) is 13.6 Å². The molecule has 6 heteroatoms. The summed E-state index contributed by atoms with van der Waals surface area (Å²) in [4.78, 5) is 12.6. The van der Waals surface area contributed by atoms with Crippen LogP contribution in [0.4, 0.5) is 14.5 Å². The summed E-state index contributed by atoms with van der Waals surface area (Å²) >= 11 is 1.22. The van der Waals surface area contributed by atoms with E-state index in [4.69, 9.17) is 5.11 Å². The lowest BCUT2D eigenvalue weighted by molar-refractivity contribution is 0.102. The van der Waals surface area contributed by atoms with Crippen LogP contribution in [0.15, 0.2) is 23.6 Å². The summed E-state index contributed by atoms with van der Waals surface area (Å²) in [6, 6.07) is 3.49. The van der Waals surface area contributed by atoms with Crippen LogP contribution < -0.4 is 5.32 Å². The van der Waals surface area contributed by atoms with E-state index in [2.05, 4.69) is 17.2 Å². The second kappa shape index (κ2) is 6.48. The Bertz CT molecular complexity index is 744. The third-order valence-corrected chi connectivity index (χ3v) is 3.49. The first-order chi connectivity index (χ1) is 10.0. The van der Waals surface area contributed by atoms with Crippen molar-refractivity contribution < 1.29 is 18.7 Å². The normalized spacial score (nSPS) is 9.90. The molecule has 0 bridgehead atoms. The summed E-state index contributed by atoms with van der Waals surface area (Å²) in [6.45, 7) is 1.17. The molecule has 0 aliphatic heterocycles. The highest BCUT2D eigenvalue weighted by Gasteiger charge is 2.13. The maximum absolute atomic E-state index is 13.6. The number of carbonyl (C=O) groups excluding carboxylic acids is 1. The molecule has 0 unspecified atom stereocenters. The Balaban J connectivity index is 2.18. The van der Waals surface area contributed by atoms with Crippen molar-refractivity contribution in [3.63, 3.8) is 0 Å². The van der Waals surface area contributed by atoms with E-state index in [1.807, 2.05) is 0 Å². The molecule has 1 aromatic heterocycles. The summed E-state index contributed by atoms with van der Waals surface area (Å²) in [5, 5.41) is 12.5. The highest BCUT2D eigenvalue weighted by molar-refractivity contribution is 7.10. The molecular weight excluding hydrogens is 296 g/mol. The Morgan fingerprint density at radius 3 is 2.81 bits per heavy atom. The van der Waals surface area contributed by atoms with Crippen LogP contribution in [0.5, 0.6) is 0 Å². The van der Waals surface area contributed by atoms with Crippen LogP contribution in [0.3, 0.4) is 0 Å². The van der Waals surface area contributed by atoms with Gasteiger partial charge in [-0.05, 0) is 24.6 Å². The molecule has 0 spiro atoms. The largest absolute Gasteiger partial charge is 0.384 e. The van der Waals surface area contributed by atoms with Crippen molar-refractivity contribution in [2.24, 2.45) is 0 Å². The van der Waals surface area contributed by atoms with Crippen molar-refractivity contribution in [3.05, 3.63) is 51.2 Å². The van der Waals surface area contributed by atoms with E-state index < -0.39 is 17.5 Å². The first-order valence-electron chi connectivity index (χ1n) is 5.96. The molecule has 0 aliphatic rings. The van der Waals surface area contributed by atoms with Crippen LogP contribution in [-0.4, -0.2) is 17.6 Å². The summed E-state index contributed by atoms with van der Waals surface area (Å²) < 4.78 is 27.0. The number of amides is 1. The van der Waals surface area contributed by atoms with Crippen LogP contribution >= 0.6 is 11.3 Å². The molecule has 1 aromatic carbocycles. The van der Waals surface area contributed by atoms with Crippen LogP contribution in [-0.2, 0) is 0 Å². The van der Waals surface area contributed by atoms with Crippen LogP contribution in [0.1, 0.15) is 20.8 Å². The fourth-order valence-electron chi connectivity index (χ4n) is 1.58. The van der Waals surface area contributed by atoms with Crippen LogP contribution in [0, 0.1) is 30.4 Å². The third-order valence-electron chi connectivity index (χ3n) is 2.65. The Kier molecular flexibility index (Phi) is 4.68. The molecule has 0 radical (unpaired) electrons. The van der Waals surface area contributed by atoms with Gasteiger partial charge in [0.25, 0.3) is 5.91 Å². The zero-order valence-electron chi connectivity index (χ0n) is 11.0. The second-order valence-corrected chi connectivity index (χ2v) is 5.11. The Hall–Kier alpha value is -2.23. The average Bonchev–Trinajstić information content (AvgIpc) is 2.91. The minimum Gasteiger partial charge on any atom is -0.384 e. The average molecular weight is 307 g/mol. The first-order valence-corrected chi connectivity index (χ1v) is 6.84. The van der Waals surface area contributed by atoms with Gasteiger partial charge in [0.1, 0.15) is 18.2 Å². The predicted octanol–water partition coefficient (Wildman–Crippen LogP) is 2.93. The number of anilines is 1. The van der Waals surface area contributed by atoms with Gasteiger partial charge in [-0.1, -0.05) is 11.8 Å². The van der Waals surface area contributed by atoms with Gasteiger partial charge >= 0.3 is 0 Å². The number of carbonyl (C=O) groups is 1. The predicted molar refractivity (Wildman–Crippen MR) is 77.3 cm³/mol. The fourth-order valence-corrected chi connectivity index (χ4v) is 2.34. The molecule has 0 aliphatic carbocycles. The highest BCUT2D eigenvalue weighted by atomic mass is 32.1. The van der Waals surface area contributed by atoms with Crippen molar-refractivity contribution in [2.75, 3.05) is 11.9 Å². The molecule has 0 fully saturated rings. The van der Waals surface area contributed by atoms with Crippen molar-refractivity contribution in [2.45, 2.75) is 6.92 Å². The number of benzene rings is 1. The molecule has 3 nitrogen and oxygen atoms in total. The quantitative estimate of drug-likeness (QED) is 0.838. The van der Waals surface area contributed by atoms with Gasteiger partial charge in [0.15, 0.2) is 0 Å². The Morgan fingerprint density at radius 1 is 1.33 bits per heavy atom. The van der Waals surface area contributed by atoms with Crippen LogP contribution in [0.25, 0.3) is 0 Å². The number of halogens is 2. The van der Waals surface area contributed by atoms with E-state index >= 15 is 0 Å². The van der Waals surface area contributed by atoms with Crippen molar-refractivity contribution in [1.29, 1.82) is 0 Å². The molecule has 2 aromatic rings. The molecule has 21 heavy (non-hydrogen) atoms. The first kappa shape index (κ1) is 15.2. The molecule has 108 valence electrons. The van der Waals surface area contributed by atoms with Crippen molar-refractivity contribution >= 4 is 22.9 Å².